The lowest BCUT2D eigenvalue weighted by Gasteiger charge is -2.30. The molecule has 1 amide bonds. The molecule has 4 aromatic rings. The van der Waals surface area contributed by atoms with E-state index in [1.807, 2.05) is 29.3 Å². The lowest BCUT2D eigenvalue weighted by molar-refractivity contribution is 0.0652. The van der Waals surface area contributed by atoms with Crippen LogP contribution in [0.15, 0.2) is 48.7 Å². The van der Waals surface area contributed by atoms with Gasteiger partial charge < -0.3 is 9.88 Å². The van der Waals surface area contributed by atoms with Crippen molar-refractivity contribution >= 4 is 27.8 Å². The molecule has 184 valence electrons. The van der Waals surface area contributed by atoms with Crippen LogP contribution in [0.25, 0.3) is 21.9 Å². The molecule has 1 N–H and O–H groups in total. The number of nitrogens with one attached hydrogen (secondary N) is 1. The van der Waals surface area contributed by atoms with Crippen molar-refractivity contribution in [3.63, 3.8) is 0 Å². The number of H-pyrrole nitrogens is 1. The van der Waals surface area contributed by atoms with Gasteiger partial charge in [-0.1, -0.05) is 6.92 Å². The molecule has 3 heterocycles. The molecule has 5 unspecified atom stereocenters. The Morgan fingerprint density at radius 1 is 1.08 bits per heavy atom. The molecule has 0 radical (unpaired) electrons. The highest BCUT2D eigenvalue weighted by atomic mass is 19.1. The van der Waals surface area contributed by atoms with E-state index in [9.17, 15) is 9.18 Å². The fourth-order valence-corrected chi connectivity index (χ4v) is 7.19. The lowest BCUT2D eigenvalue weighted by Crippen LogP contribution is -2.41. The van der Waals surface area contributed by atoms with Gasteiger partial charge in [0.25, 0.3) is 5.91 Å². The minimum Gasteiger partial charge on any atom is -0.342 e. The van der Waals surface area contributed by atoms with Crippen LogP contribution in [-0.4, -0.2) is 38.8 Å². The van der Waals surface area contributed by atoms with Gasteiger partial charge in [0.05, 0.1) is 16.6 Å². The van der Waals surface area contributed by atoms with Gasteiger partial charge in [0.15, 0.2) is 0 Å². The molecule has 36 heavy (non-hydrogen) atoms. The Balaban J connectivity index is 1.05. The number of likely N-dealkylation sites (tertiary alicyclic amines) is 1. The first-order valence-corrected chi connectivity index (χ1v) is 13.4. The number of aromatic nitrogens is 3. The molecule has 5 atom stereocenters. The summed E-state index contributed by atoms with van der Waals surface area (Å²) in [4.78, 5) is 27.4. The van der Waals surface area contributed by atoms with E-state index in [2.05, 4.69) is 23.0 Å². The molecule has 3 fully saturated rings. The van der Waals surface area contributed by atoms with E-state index in [1.54, 1.807) is 12.1 Å². The molecule has 2 saturated carbocycles. The SMILES string of the molecule is CC(CC1CC2CC1CC2c1ccnc2ccc(F)cc12)c1nc2ccc(C(=O)N3CCC3)cc2[nH]1. The van der Waals surface area contributed by atoms with E-state index >= 15 is 0 Å². The average Bonchev–Trinajstić information content (AvgIpc) is 3.56. The molecule has 0 spiro atoms. The van der Waals surface area contributed by atoms with Gasteiger partial charge in [-0.2, -0.15) is 0 Å². The predicted octanol–water partition coefficient (Wildman–Crippen LogP) is 6.42. The van der Waals surface area contributed by atoms with E-state index in [0.717, 1.165) is 59.3 Å². The number of fused-ring (bicyclic) bond motifs is 4. The van der Waals surface area contributed by atoms with Gasteiger partial charge in [0, 0.05) is 36.2 Å². The minimum absolute atomic E-state index is 0.119. The van der Waals surface area contributed by atoms with Gasteiger partial charge >= 0.3 is 0 Å². The summed E-state index contributed by atoms with van der Waals surface area (Å²) in [5, 5.41) is 0.981. The molecule has 2 aliphatic carbocycles. The summed E-state index contributed by atoms with van der Waals surface area (Å²) in [7, 11) is 0. The van der Waals surface area contributed by atoms with Crippen LogP contribution in [0.5, 0.6) is 0 Å². The van der Waals surface area contributed by atoms with Crippen molar-refractivity contribution in [2.45, 2.75) is 50.9 Å². The number of nitrogens with zero attached hydrogens (tertiary/aromatic N) is 3. The number of amides is 1. The zero-order chi connectivity index (χ0) is 24.4. The van der Waals surface area contributed by atoms with Crippen molar-refractivity contribution < 1.29 is 9.18 Å². The number of carbonyl (C=O) groups is 1. The number of hydrogen-bond acceptors (Lipinski definition) is 3. The third-order valence-electron chi connectivity index (χ3n) is 9.15. The van der Waals surface area contributed by atoms with Crippen molar-refractivity contribution in [1.82, 2.24) is 19.9 Å². The second-order valence-electron chi connectivity index (χ2n) is 11.3. The largest absolute Gasteiger partial charge is 0.342 e. The van der Waals surface area contributed by atoms with E-state index in [0.29, 0.717) is 29.6 Å². The summed E-state index contributed by atoms with van der Waals surface area (Å²) in [6, 6.07) is 12.9. The topological polar surface area (TPSA) is 61.9 Å². The van der Waals surface area contributed by atoms with Gasteiger partial charge in [-0.15, -0.1) is 0 Å². The summed E-state index contributed by atoms with van der Waals surface area (Å²) in [5.41, 5.74) is 4.79. The molecule has 5 nitrogen and oxygen atoms in total. The Morgan fingerprint density at radius 3 is 2.72 bits per heavy atom. The Morgan fingerprint density at radius 2 is 1.94 bits per heavy atom. The predicted molar refractivity (Wildman–Crippen MR) is 138 cm³/mol. The van der Waals surface area contributed by atoms with E-state index in [4.69, 9.17) is 4.98 Å². The quantitative estimate of drug-likeness (QED) is 0.357. The first-order chi connectivity index (χ1) is 17.5. The summed E-state index contributed by atoms with van der Waals surface area (Å²) < 4.78 is 14.0. The van der Waals surface area contributed by atoms with Crippen LogP contribution in [0, 0.1) is 23.6 Å². The standard InChI is InChI=1S/C30H31FN4O/c1-17(29-33-27-5-3-18(15-28(27)34-29)30(36)35-9-2-10-35)11-19-12-21-13-20(19)14-24(21)23-7-8-32-26-6-4-22(31)16-25(23)26/h3-8,15-17,19-21,24H,2,9-14H2,1H3,(H,33,34). The van der Waals surface area contributed by atoms with Crippen molar-refractivity contribution in [1.29, 1.82) is 0 Å². The number of benzene rings is 2. The summed E-state index contributed by atoms with van der Waals surface area (Å²) in [5.74, 6) is 3.86. The number of aromatic amines is 1. The number of rotatable bonds is 5. The van der Waals surface area contributed by atoms with Crippen LogP contribution < -0.4 is 0 Å². The van der Waals surface area contributed by atoms with Crippen LogP contribution in [0.2, 0.25) is 0 Å². The van der Waals surface area contributed by atoms with Gasteiger partial charge in [-0.05, 0) is 104 Å². The normalized spacial score (nSPS) is 26.0. The summed E-state index contributed by atoms with van der Waals surface area (Å²) in [6.07, 6.45) is 7.78. The number of imidazole rings is 1. The van der Waals surface area contributed by atoms with Crippen LogP contribution in [0.4, 0.5) is 4.39 Å². The fraction of sp³-hybridized carbons (Fsp3) is 0.433. The van der Waals surface area contributed by atoms with Gasteiger partial charge in [-0.25, -0.2) is 9.37 Å². The number of pyridine rings is 1. The molecular weight excluding hydrogens is 451 g/mol. The summed E-state index contributed by atoms with van der Waals surface area (Å²) >= 11 is 0. The zero-order valence-corrected chi connectivity index (χ0v) is 20.6. The van der Waals surface area contributed by atoms with E-state index in [-0.39, 0.29) is 11.7 Å². The minimum atomic E-state index is -0.186. The van der Waals surface area contributed by atoms with Gasteiger partial charge in [0.1, 0.15) is 11.6 Å². The first kappa shape index (κ1) is 22.0. The fourth-order valence-electron chi connectivity index (χ4n) is 7.19. The molecule has 2 bridgehead atoms. The van der Waals surface area contributed by atoms with Crippen molar-refractivity contribution in [2.75, 3.05) is 13.1 Å². The molecule has 7 rings (SSSR count). The molecule has 3 aliphatic rings. The highest BCUT2D eigenvalue weighted by Gasteiger charge is 2.46. The average molecular weight is 483 g/mol. The third kappa shape index (κ3) is 3.61. The Kier molecular flexibility index (Phi) is 5.12. The van der Waals surface area contributed by atoms with Crippen LogP contribution in [0.1, 0.15) is 72.6 Å². The van der Waals surface area contributed by atoms with Crippen molar-refractivity contribution in [3.8, 4) is 0 Å². The Bertz CT molecular complexity index is 1470. The summed E-state index contributed by atoms with van der Waals surface area (Å²) in [6.45, 7) is 3.99. The second-order valence-corrected chi connectivity index (χ2v) is 11.3. The second kappa shape index (κ2) is 8.39. The molecule has 6 heteroatoms. The van der Waals surface area contributed by atoms with Gasteiger partial charge in [0.2, 0.25) is 0 Å². The number of carbonyl (C=O) groups excluding carboxylic acids is 1. The van der Waals surface area contributed by atoms with Gasteiger partial charge in [-0.3, -0.25) is 9.78 Å². The monoisotopic (exact) mass is 482 g/mol. The maximum Gasteiger partial charge on any atom is 0.253 e. The number of halogens is 1. The van der Waals surface area contributed by atoms with Crippen molar-refractivity contribution in [3.05, 3.63) is 71.4 Å². The van der Waals surface area contributed by atoms with E-state index in [1.165, 1.54) is 30.9 Å². The molecule has 1 saturated heterocycles. The van der Waals surface area contributed by atoms with Crippen LogP contribution >= 0.6 is 0 Å². The third-order valence-corrected chi connectivity index (χ3v) is 9.15. The lowest BCUT2D eigenvalue weighted by atomic mass is 9.75. The highest BCUT2D eigenvalue weighted by Crippen LogP contribution is 2.58. The van der Waals surface area contributed by atoms with Crippen molar-refractivity contribution in [2.24, 2.45) is 17.8 Å². The van der Waals surface area contributed by atoms with Crippen LogP contribution in [-0.2, 0) is 0 Å². The smallest absolute Gasteiger partial charge is 0.253 e. The number of hydrogen-bond donors (Lipinski definition) is 1. The zero-order valence-electron chi connectivity index (χ0n) is 20.6. The maximum absolute atomic E-state index is 14.0. The molecule has 1 aliphatic heterocycles. The first-order valence-electron chi connectivity index (χ1n) is 13.4. The Hall–Kier alpha value is -3.28. The maximum atomic E-state index is 14.0. The highest BCUT2D eigenvalue weighted by molar-refractivity contribution is 5.97. The molecule has 2 aromatic heterocycles. The van der Waals surface area contributed by atoms with E-state index < -0.39 is 0 Å². The Labute approximate surface area is 210 Å². The van der Waals surface area contributed by atoms with Crippen LogP contribution in [0.3, 0.4) is 0 Å². The molecule has 2 aromatic carbocycles. The molecular formula is C30H31FN4O.